The summed E-state index contributed by atoms with van der Waals surface area (Å²) >= 11 is 0. The molecule has 1 atom stereocenters. The van der Waals surface area contributed by atoms with Gasteiger partial charge < -0.3 is 0 Å². The summed E-state index contributed by atoms with van der Waals surface area (Å²) in [5.41, 5.74) is -0.864. The first-order chi connectivity index (χ1) is 9.06. The molecule has 0 amide bonds. The Bertz CT molecular complexity index is 586. The Morgan fingerprint density at radius 1 is 1.74 bits per heavy atom. The van der Waals surface area contributed by atoms with E-state index in [-0.39, 0.29) is 12.3 Å². The van der Waals surface area contributed by atoms with Gasteiger partial charge in [-0.3, -0.25) is 0 Å². The third-order valence-electron chi connectivity index (χ3n) is 2.89. The standard InChI is InChI=1S/C10H13BN4O4/c1-5(16)7-8(17)10(18)15-3-2-13-6(4-19-11-12)9(15)14-7/h6,12-13,17H,2-4H2,1H3. The molecule has 1 aromatic rings. The Hall–Kier alpha value is -2.03. The van der Waals surface area contributed by atoms with Gasteiger partial charge in [-0.1, -0.05) is 0 Å². The second kappa shape index (κ2) is 5.31. The zero-order valence-corrected chi connectivity index (χ0v) is 10.3. The first kappa shape index (κ1) is 13.4. The monoisotopic (exact) mass is 264 g/mol. The molecule has 8 nitrogen and oxygen atoms in total. The maximum atomic E-state index is 12.0. The van der Waals surface area contributed by atoms with Crippen molar-refractivity contribution >= 4 is 13.1 Å². The SMILES string of the molecule is CC(=O)c1nc2n(c(=O)c1O)CCNC2COB=N. The average molecular weight is 264 g/mol. The van der Waals surface area contributed by atoms with E-state index in [2.05, 4.69) is 10.3 Å². The van der Waals surface area contributed by atoms with Gasteiger partial charge in [-0.15, -0.1) is 0 Å². The first-order valence-corrected chi connectivity index (χ1v) is 5.74. The Kier molecular flexibility index (Phi) is 3.75. The zero-order chi connectivity index (χ0) is 14.0. The molecule has 2 heterocycles. The van der Waals surface area contributed by atoms with Gasteiger partial charge in [-0.2, -0.15) is 0 Å². The fourth-order valence-electron chi connectivity index (χ4n) is 2.01. The third kappa shape index (κ3) is 2.41. The van der Waals surface area contributed by atoms with Crippen LogP contribution in [0.25, 0.3) is 0 Å². The number of fused-ring (bicyclic) bond motifs is 1. The number of Topliss-reactive ketones (excluding diaryl/α,β-unsaturated/α-hetero) is 1. The predicted molar refractivity (Wildman–Crippen MR) is 65.3 cm³/mol. The molecule has 9 heteroatoms. The van der Waals surface area contributed by atoms with Gasteiger partial charge in [0.15, 0.2) is 0 Å². The summed E-state index contributed by atoms with van der Waals surface area (Å²) in [6, 6.07) is -0.401. The Balaban J connectivity index is 2.53. The second-order valence-electron chi connectivity index (χ2n) is 4.14. The third-order valence-corrected chi connectivity index (χ3v) is 2.89. The van der Waals surface area contributed by atoms with Crippen molar-refractivity contribution in [1.29, 1.82) is 5.31 Å². The molecule has 0 bridgehead atoms. The molecule has 0 radical (unpaired) electrons. The van der Waals surface area contributed by atoms with Crippen LogP contribution in [0.5, 0.6) is 5.75 Å². The summed E-state index contributed by atoms with van der Waals surface area (Å²) < 4.78 is 6.19. The number of hydrogen-bond acceptors (Lipinski definition) is 7. The zero-order valence-electron chi connectivity index (χ0n) is 10.3. The Morgan fingerprint density at radius 2 is 2.47 bits per heavy atom. The van der Waals surface area contributed by atoms with E-state index in [4.69, 9.17) is 9.97 Å². The topological polar surface area (TPSA) is 117 Å². The molecule has 1 aliphatic heterocycles. The molecule has 0 aliphatic carbocycles. The van der Waals surface area contributed by atoms with Crippen LogP contribution in [0.1, 0.15) is 29.3 Å². The molecule has 3 N–H and O–H groups in total. The molecule has 0 saturated carbocycles. The summed E-state index contributed by atoms with van der Waals surface area (Å²) in [6.07, 6.45) is 0. The molecule has 100 valence electrons. The first-order valence-electron chi connectivity index (χ1n) is 5.74. The van der Waals surface area contributed by atoms with Crippen molar-refractivity contribution < 1.29 is 14.6 Å². The molecule has 1 aliphatic rings. The van der Waals surface area contributed by atoms with Crippen molar-refractivity contribution in [1.82, 2.24) is 14.9 Å². The molecular formula is C10H13BN4O4. The Morgan fingerprint density at radius 3 is 3.11 bits per heavy atom. The molecule has 19 heavy (non-hydrogen) atoms. The van der Waals surface area contributed by atoms with Crippen LogP contribution < -0.4 is 10.9 Å². The summed E-state index contributed by atoms with van der Waals surface area (Å²) in [5.74, 6) is -0.763. The van der Waals surface area contributed by atoms with Crippen LogP contribution >= 0.6 is 0 Å². The van der Waals surface area contributed by atoms with E-state index in [0.717, 1.165) is 7.27 Å². The van der Waals surface area contributed by atoms with E-state index in [0.29, 0.717) is 18.9 Å². The number of carbonyl (C=O) groups excluding carboxylic acids is 1. The molecule has 1 unspecified atom stereocenters. The van der Waals surface area contributed by atoms with E-state index < -0.39 is 23.1 Å². The molecule has 2 rings (SSSR count). The van der Waals surface area contributed by atoms with E-state index in [1.807, 2.05) is 0 Å². The van der Waals surface area contributed by atoms with Gasteiger partial charge >= 0.3 is 108 Å². The van der Waals surface area contributed by atoms with Crippen LogP contribution in [-0.4, -0.2) is 40.9 Å². The van der Waals surface area contributed by atoms with Crippen molar-refractivity contribution in [3.8, 4) is 5.75 Å². The maximum absolute atomic E-state index is 12.0. The van der Waals surface area contributed by atoms with E-state index >= 15 is 0 Å². The van der Waals surface area contributed by atoms with Crippen molar-refractivity contribution in [3.05, 3.63) is 21.9 Å². The molecule has 0 fully saturated rings. The van der Waals surface area contributed by atoms with Gasteiger partial charge in [0.2, 0.25) is 0 Å². The van der Waals surface area contributed by atoms with Crippen LogP contribution in [0.3, 0.4) is 0 Å². The van der Waals surface area contributed by atoms with Gasteiger partial charge in [0.1, 0.15) is 0 Å². The fourth-order valence-corrected chi connectivity index (χ4v) is 2.01. The number of nitrogens with one attached hydrogen (secondary N) is 2. The summed E-state index contributed by atoms with van der Waals surface area (Å²) in [4.78, 5) is 27.4. The van der Waals surface area contributed by atoms with Gasteiger partial charge in [-0.05, 0) is 0 Å². The average Bonchev–Trinajstić information content (AvgIpc) is 2.40. The van der Waals surface area contributed by atoms with Gasteiger partial charge in [0.25, 0.3) is 0 Å². The molecule has 0 aromatic carbocycles. The second-order valence-corrected chi connectivity index (χ2v) is 4.14. The predicted octanol–water partition coefficient (Wildman–Crippen LogP) is -0.806. The van der Waals surface area contributed by atoms with E-state index in [1.165, 1.54) is 11.5 Å². The number of nitrogens with zero attached hydrogens (tertiary/aromatic N) is 2. The number of ketones is 1. The van der Waals surface area contributed by atoms with Crippen LogP contribution in [0.15, 0.2) is 4.79 Å². The van der Waals surface area contributed by atoms with Crippen molar-refractivity contribution in [2.24, 2.45) is 0 Å². The molecule has 0 spiro atoms. The van der Waals surface area contributed by atoms with Crippen LogP contribution in [0.2, 0.25) is 0 Å². The van der Waals surface area contributed by atoms with E-state index in [1.54, 1.807) is 0 Å². The number of rotatable bonds is 4. The van der Waals surface area contributed by atoms with Crippen molar-refractivity contribution in [3.63, 3.8) is 0 Å². The van der Waals surface area contributed by atoms with Gasteiger partial charge in [0, 0.05) is 0 Å². The van der Waals surface area contributed by atoms with Crippen molar-refractivity contribution in [2.45, 2.75) is 19.5 Å². The minimum atomic E-state index is -0.628. The summed E-state index contributed by atoms with van der Waals surface area (Å²) in [5, 5.41) is 19.6. The fraction of sp³-hybridized carbons (Fsp3) is 0.500. The van der Waals surface area contributed by atoms with Crippen LogP contribution in [-0.2, 0) is 11.2 Å². The minimum absolute atomic E-state index is 0.123. The number of aromatic hydroxyl groups is 1. The van der Waals surface area contributed by atoms with Crippen LogP contribution in [0.4, 0.5) is 0 Å². The normalized spacial score (nSPS) is 17.4. The van der Waals surface area contributed by atoms with Gasteiger partial charge in [-0.25, -0.2) is 0 Å². The van der Waals surface area contributed by atoms with Crippen LogP contribution in [0, 0.1) is 5.31 Å². The van der Waals surface area contributed by atoms with Gasteiger partial charge in [0.05, 0.1) is 0 Å². The number of hydrogen-bond donors (Lipinski definition) is 3. The molecular weight excluding hydrogens is 251 g/mol. The summed E-state index contributed by atoms with van der Waals surface area (Å²) in [6.45, 7) is 2.23. The van der Waals surface area contributed by atoms with Crippen molar-refractivity contribution in [2.75, 3.05) is 13.2 Å². The molecule has 1 aromatic heterocycles. The molecule has 0 saturated heterocycles. The number of aromatic nitrogens is 2. The Labute approximate surface area is 109 Å². The number of carbonyl (C=O) groups is 1. The quantitative estimate of drug-likeness (QED) is 0.483. The van der Waals surface area contributed by atoms with E-state index in [9.17, 15) is 14.7 Å². The summed E-state index contributed by atoms with van der Waals surface area (Å²) in [7, 11) is 0.797.